The number of pyridine rings is 3. The lowest BCUT2D eigenvalue weighted by Crippen LogP contribution is -2.03. The van der Waals surface area contributed by atoms with E-state index in [-0.39, 0.29) is 5.43 Å². The summed E-state index contributed by atoms with van der Waals surface area (Å²) in [6, 6.07) is 21.3. The van der Waals surface area contributed by atoms with Crippen molar-refractivity contribution in [2.24, 2.45) is 0 Å². The van der Waals surface area contributed by atoms with Gasteiger partial charge in [0.25, 0.3) is 0 Å². The van der Waals surface area contributed by atoms with Crippen LogP contribution in [0.4, 0.5) is 0 Å². The van der Waals surface area contributed by atoms with Gasteiger partial charge in [0.1, 0.15) is 16.9 Å². The first-order chi connectivity index (χ1) is 14.2. The Kier molecular flexibility index (Phi) is 4.06. The molecule has 0 aliphatic carbocycles. The van der Waals surface area contributed by atoms with E-state index in [2.05, 4.69) is 16.0 Å². The molecule has 29 heavy (non-hydrogen) atoms. The lowest BCUT2D eigenvalue weighted by atomic mass is 9.96. The summed E-state index contributed by atoms with van der Waals surface area (Å²) >= 11 is 0. The first-order valence-electron chi connectivity index (χ1n) is 9.25. The van der Waals surface area contributed by atoms with Gasteiger partial charge in [0.05, 0.1) is 18.2 Å². The van der Waals surface area contributed by atoms with E-state index in [1.54, 1.807) is 19.5 Å². The smallest absolute Gasteiger partial charge is 0.191 e. The SMILES string of the molecule is COc1cc(-c2cc3c(=O)cc[nH]c3nc2-c2ccccc2)cc2cccnc12. The molecule has 0 bridgehead atoms. The van der Waals surface area contributed by atoms with Gasteiger partial charge in [0.2, 0.25) is 0 Å². The molecule has 0 amide bonds. The fourth-order valence-electron chi connectivity index (χ4n) is 3.60. The Bertz CT molecular complexity index is 1410. The van der Waals surface area contributed by atoms with E-state index in [0.717, 1.165) is 33.3 Å². The Morgan fingerprint density at radius 2 is 1.79 bits per heavy atom. The van der Waals surface area contributed by atoms with Gasteiger partial charge >= 0.3 is 0 Å². The molecule has 0 saturated heterocycles. The number of aromatic nitrogens is 3. The van der Waals surface area contributed by atoms with Crippen LogP contribution in [0.3, 0.4) is 0 Å². The molecule has 5 rings (SSSR count). The van der Waals surface area contributed by atoms with E-state index in [9.17, 15) is 4.79 Å². The molecule has 0 aliphatic rings. The first kappa shape index (κ1) is 17.1. The maximum atomic E-state index is 12.5. The largest absolute Gasteiger partial charge is 0.494 e. The highest BCUT2D eigenvalue weighted by atomic mass is 16.5. The molecule has 0 aliphatic heterocycles. The van der Waals surface area contributed by atoms with Gasteiger partial charge < -0.3 is 9.72 Å². The maximum absolute atomic E-state index is 12.5. The van der Waals surface area contributed by atoms with Crippen molar-refractivity contribution < 1.29 is 4.74 Å². The molecule has 0 atom stereocenters. The summed E-state index contributed by atoms with van der Waals surface area (Å²) in [5.74, 6) is 0.680. The highest BCUT2D eigenvalue weighted by molar-refractivity contribution is 5.95. The van der Waals surface area contributed by atoms with Crippen LogP contribution in [0, 0.1) is 0 Å². The van der Waals surface area contributed by atoms with Crippen LogP contribution in [-0.2, 0) is 0 Å². The number of benzene rings is 2. The van der Waals surface area contributed by atoms with Crippen LogP contribution in [-0.4, -0.2) is 22.1 Å². The minimum Gasteiger partial charge on any atom is -0.494 e. The number of nitrogens with zero attached hydrogens (tertiary/aromatic N) is 2. The van der Waals surface area contributed by atoms with Crippen LogP contribution in [0.5, 0.6) is 5.75 Å². The highest BCUT2D eigenvalue weighted by Gasteiger charge is 2.15. The highest BCUT2D eigenvalue weighted by Crippen LogP contribution is 2.36. The zero-order chi connectivity index (χ0) is 19.8. The van der Waals surface area contributed by atoms with Gasteiger partial charge in [-0.05, 0) is 29.8 Å². The second-order valence-electron chi connectivity index (χ2n) is 6.74. The number of nitrogens with one attached hydrogen (secondary N) is 1. The molecule has 5 aromatic rings. The predicted octanol–water partition coefficient (Wildman–Crippen LogP) is 4.81. The lowest BCUT2D eigenvalue weighted by Gasteiger charge is -2.13. The molecule has 0 fully saturated rings. The molecule has 0 saturated carbocycles. The maximum Gasteiger partial charge on any atom is 0.191 e. The summed E-state index contributed by atoms with van der Waals surface area (Å²) in [6.45, 7) is 0. The fourth-order valence-corrected chi connectivity index (χ4v) is 3.60. The minimum atomic E-state index is -0.0680. The number of hydrogen-bond donors (Lipinski definition) is 1. The van der Waals surface area contributed by atoms with Crippen molar-refractivity contribution in [3.8, 4) is 28.1 Å². The third-order valence-electron chi connectivity index (χ3n) is 4.99. The van der Waals surface area contributed by atoms with E-state index in [4.69, 9.17) is 9.72 Å². The van der Waals surface area contributed by atoms with Gasteiger partial charge in [-0.3, -0.25) is 9.78 Å². The van der Waals surface area contributed by atoms with E-state index in [1.165, 1.54) is 6.07 Å². The molecule has 0 spiro atoms. The second kappa shape index (κ2) is 6.87. The van der Waals surface area contributed by atoms with Crippen molar-refractivity contribution in [2.45, 2.75) is 0 Å². The monoisotopic (exact) mass is 379 g/mol. The summed E-state index contributed by atoms with van der Waals surface area (Å²) in [5, 5.41) is 1.51. The summed E-state index contributed by atoms with van der Waals surface area (Å²) in [5.41, 5.74) is 4.84. The summed E-state index contributed by atoms with van der Waals surface area (Å²) < 4.78 is 5.60. The Labute approximate surface area is 166 Å². The Hall–Kier alpha value is -3.99. The summed E-state index contributed by atoms with van der Waals surface area (Å²) in [4.78, 5) is 24.8. The summed E-state index contributed by atoms with van der Waals surface area (Å²) in [7, 11) is 1.63. The lowest BCUT2D eigenvalue weighted by molar-refractivity contribution is 0.419. The number of H-pyrrole nitrogens is 1. The first-order valence-corrected chi connectivity index (χ1v) is 9.25. The Balaban J connectivity index is 1.87. The van der Waals surface area contributed by atoms with Gasteiger partial charge in [0, 0.05) is 35.0 Å². The van der Waals surface area contributed by atoms with Crippen molar-refractivity contribution in [2.75, 3.05) is 7.11 Å². The Morgan fingerprint density at radius 1 is 0.931 bits per heavy atom. The van der Waals surface area contributed by atoms with E-state index in [0.29, 0.717) is 16.8 Å². The molecule has 5 nitrogen and oxygen atoms in total. The number of methoxy groups -OCH3 is 1. The quantitative estimate of drug-likeness (QED) is 0.488. The zero-order valence-electron chi connectivity index (χ0n) is 15.7. The molecule has 0 unspecified atom stereocenters. The van der Waals surface area contributed by atoms with Crippen LogP contribution >= 0.6 is 0 Å². The van der Waals surface area contributed by atoms with Gasteiger partial charge in [-0.2, -0.15) is 0 Å². The number of aromatic amines is 1. The third kappa shape index (κ3) is 2.93. The van der Waals surface area contributed by atoms with Crippen LogP contribution in [0.1, 0.15) is 0 Å². The molecule has 0 radical (unpaired) electrons. The topological polar surface area (TPSA) is 67.9 Å². The van der Waals surface area contributed by atoms with Crippen LogP contribution < -0.4 is 10.2 Å². The van der Waals surface area contributed by atoms with Crippen LogP contribution in [0.2, 0.25) is 0 Å². The predicted molar refractivity (Wildman–Crippen MR) is 115 cm³/mol. The third-order valence-corrected chi connectivity index (χ3v) is 4.99. The minimum absolute atomic E-state index is 0.0680. The fraction of sp³-hybridized carbons (Fsp3) is 0.0417. The van der Waals surface area contributed by atoms with Gasteiger partial charge in [-0.25, -0.2) is 4.98 Å². The van der Waals surface area contributed by atoms with Crippen molar-refractivity contribution in [3.05, 3.63) is 89.3 Å². The number of fused-ring (bicyclic) bond motifs is 2. The van der Waals surface area contributed by atoms with Gasteiger partial charge in [-0.15, -0.1) is 0 Å². The van der Waals surface area contributed by atoms with Crippen molar-refractivity contribution in [1.29, 1.82) is 0 Å². The normalized spacial score (nSPS) is 11.1. The average Bonchev–Trinajstić information content (AvgIpc) is 2.78. The van der Waals surface area contributed by atoms with Gasteiger partial charge in [-0.1, -0.05) is 36.4 Å². The molecular formula is C24H17N3O2. The van der Waals surface area contributed by atoms with E-state index in [1.807, 2.05) is 54.6 Å². The average molecular weight is 379 g/mol. The second-order valence-corrected chi connectivity index (χ2v) is 6.74. The van der Waals surface area contributed by atoms with E-state index >= 15 is 0 Å². The molecule has 2 aromatic carbocycles. The number of ether oxygens (including phenoxy) is 1. The number of hydrogen-bond acceptors (Lipinski definition) is 4. The standard InChI is InChI=1S/C24H17N3O2/c1-29-21-13-17(12-16-8-5-10-25-23(16)21)18-14-19-20(28)9-11-26-24(19)27-22(18)15-6-3-2-4-7-15/h2-14H,1H3,(H,26,27,28). The summed E-state index contributed by atoms with van der Waals surface area (Å²) in [6.07, 6.45) is 3.37. The van der Waals surface area contributed by atoms with Crippen LogP contribution in [0.15, 0.2) is 83.9 Å². The molecule has 3 heterocycles. The van der Waals surface area contributed by atoms with Gasteiger partial charge in [0.15, 0.2) is 5.43 Å². The van der Waals surface area contributed by atoms with Crippen molar-refractivity contribution >= 4 is 21.9 Å². The zero-order valence-corrected chi connectivity index (χ0v) is 15.7. The van der Waals surface area contributed by atoms with E-state index < -0.39 is 0 Å². The molecule has 140 valence electrons. The van der Waals surface area contributed by atoms with Crippen molar-refractivity contribution in [3.63, 3.8) is 0 Å². The molecular weight excluding hydrogens is 362 g/mol. The molecule has 5 heteroatoms. The van der Waals surface area contributed by atoms with Crippen molar-refractivity contribution in [1.82, 2.24) is 15.0 Å². The Morgan fingerprint density at radius 3 is 2.62 bits per heavy atom. The molecule has 3 aromatic heterocycles. The van der Waals surface area contributed by atoms with Crippen LogP contribution in [0.25, 0.3) is 44.3 Å². The molecule has 1 N–H and O–H groups in total. The number of rotatable bonds is 3.